The van der Waals surface area contributed by atoms with E-state index in [2.05, 4.69) is 11.8 Å². The predicted octanol–water partition coefficient (Wildman–Crippen LogP) is 2.42. The van der Waals surface area contributed by atoms with Gasteiger partial charge in [0.05, 0.1) is 0 Å². The van der Waals surface area contributed by atoms with E-state index in [9.17, 15) is 4.79 Å². The summed E-state index contributed by atoms with van der Waals surface area (Å²) in [4.78, 5) is 11.1. The molecule has 0 N–H and O–H groups in total. The van der Waals surface area contributed by atoms with Crippen LogP contribution in [-0.4, -0.2) is 18.5 Å². The minimum atomic E-state index is 0.0821. The maximum atomic E-state index is 11.1. The number of hydrogen-bond donors (Lipinski definition) is 0. The molecule has 0 aliphatic carbocycles. The molecule has 2 nitrogen and oxygen atoms in total. The van der Waals surface area contributed by atoms with Crippen LogP contribution < -0.4 is 0 Å². The summed E-state index contributed by atoms with van der Waals surface area (Å²) < 4.78 is 5.41. The Morgan fingerprint density at radius 1 is 1.38 bits per heavy atom. The van der Waals surface area contributed by atoms with E-state index in [1.54, 1.807) is 6.92 Å². The standard InChI is InChI=1S/C14H14O2/c1-11(15)13-7-4-12(5-8-13)6-9-14-3-2-10-16-14/h4-5,7-8,14H,2-3,10H2,1H3. The van der Waals surface area contributed by atoms with Crippen LogP contribution in [0.4, 0.5) is 0 Å². The fourth-order valence-electron chi connectivity index (χ4n) is 1.64. The Morgan fingerprint density at radius 2 is 2.12 bits per heavy atom. The van der Waals surface area contributed by atoms with Crippen molar-refractivity contribution < 1.29 is 9.53 Å². The lowest BCUT2D eigenvalue weighted by molar-refractivity contribution is 0.101. The lowest BCUT2D eigenvalue weighted by Gasteiger charge is -1.98. The van der Waals surface area contributed by atoms with Crippen LogP contribution in [0.1, 0.15) is 35.7 Å². The molecule has 1 aromatic rings. The van der Waals surface area contributed by atoms with Gasteiger partial charge in [-0.25, -0.2) is 0 Å². The van der Waals surface area contributed by atoms with Crippen LogP contribution in [0.25, 0.3) is 0 Å². The third-order valence-electron chi connectivity index (χ3n) is 2.60. The second-order valence-corrected chi connectivity index (χ2v) is 3.90. The number of ketones is 1. The van der Waals surface area contributed by atoms with E-state index < -0.39 is 0 Å². The van der Waals surface area contributed by atoms with Gasteiger partial charge in [0, 0.05) is 17.7 Å². The van der Waals surface area contributed by atoms with Crippen LogP contribution in [0.3, 0.4) is 0 Å². The van der Waals surface area contributed by atoms with Crippen molar-refractivity contribution in [1.29, 1.82) is 0 Å². The zero-order valence-corrected chi connectivity index (χ0v) is 9.32. The van der Waals surface area contributed by atoms with Gasteiger partial charge in [0.15, 0.2) is 5.78 Å². The van der Waals surface area contributed by atoms with Crippen molar-refractivity contribution in [3.05, 3.63) is 35.4 Å². The Labute approximate surface area is 95.6 Å². The number of carbonyl (C=O) groups excluding carboxylic acids is 1. The van der Waals surface area contributed by atoms with Crippen molar-refractivity contribution >= 4 is 5.78 Å². The van der Waals surface area contributed by atoms with Crippen LogP contribution in [0, 0.1) is 11.8 Å². The van der Waals surface area contributed by atoms with Gasteiger partial charge >= 0.3 is 0 Å². The number of Topliss-reactive ketones (excluding diaryl/α,β-unsaturated/α-hetero) is 1. The van der Waals surface area contributed by atoms with Crippen molar-refractivity contribution in [2.75, 3.05) is 6.61 Å². The minimum absolute atomic E-state index is 0.0821. The van der Waals surface area contributed by atoms with Gasteiger partial charge in [-0.3, -0.25) is 4.79 Å². The minimum Gasteiger partial charge on any atom is -0.366 e. The Bertz CT molecular complexity index is 428. The number of rotatable bonds is 1. The summed E-state index contributed by atoms with van der Waals surface area (Å²) >= 11 is 0. The molecule has 0 saturated carbocycles. The average Bonchev–Trinajstić information content (AvgIpc) is 2.80. The summed E-state index contributed by atoms with van der Waals surface area (Å²) in [6.07, 6.45) is 2.22. The van der Waals surface area contributed by atoms with Crippen molar-refractivity contribution in [2.24, 2.45) is 0 Å². The number of hydrogen-bond acceptors (Lipinski definition) is 2. The third-order valence-corrected chi connectivity index (χ3v) is 2.60. The largest absolute Gasteiger partial charge is 0.366 e. The zero-order valence-electron chi connectivity index (χ0n) is 9.32. The summed E-state index contributed by atoms with van der Waals surface area (Å²) in [5.41, 5.74) is 1.66. The summed E-state index contributed by atoms with van der Waals surface area (Å²) in [6, 6.07) is 7.36. The van der Waals surface area contributed by atoms with E-state index in [0.29, 0.717) is 0 Å². The molecule has 0 aromatic heterocycles. The fourth-order valence-corrected chi connectivity index (χ4v) is 1.64. The lowest BCUT2D eigenvalue weighted by atomic mass is 10.1. The molecule has 2 rings (SSSR count). The first-order chi connectivity index (χ1) is 7.75. The maximum absolute atomic E-state index is 11.1. The number of carbonyl (C=O) groups is 1. The molecule has 0 amide bonds. The van der Waals surface area contributed by atoms with Gasteiger partial charge in [0.1, 0.15) is 6.10 Å². The summed E-state index contributed by atoms with van der Waals surface area (Å²) in [5, 5.41) is 0. The molecule has 1 saturated heterocycles. The molecule has 2 heteroatoms. The number of benzene rings is 1. The highest BCUT2D eigenvalue weighted by molar-refractivity contribution is 5.94. The van der Waals surface area contributed by atoms with Gasteiger partial charge in [-0.05, 0) is 31.9 Å². The maximum Gasteiger partial charge on any atom is 0.159 e. The van der Waals surface area contributed by atoms with Gasteiger partial charge in [-0.1, -0.05) is 24.0 Å². The Kier molecular flexibility index (Phi) is 3.38. The average molecular weight is 214 g/mol. The van der Waals surface area contributed by atoms with Crippen LogP contribution in [0.2, 0.25) is 0 Å². The molecule has 1 aliphatic heterocycles. The van der Waals surface area contributed by atoms with Gasteiger partial charge in [0.25, 0.3) is 0 Å². The molecule has 1 heterocycles. The first-order valence-corrected chi connectivity index (χ1v) is 5.50. The lowest BCUT2D eigenvalue weighted by Crippen LogP contribution is -1.99. The molecule has 0 bridgehead atoms. The molecule has 16 heavy (non-hydrogen) atoms. The molecule has 0 radical (unpaired) electrons. The second-order valence-electron chi connectivity index (χ2n) is 3.90. The highest BCUT2D eigenvalue weighted by Gasteiger charge is 2.11. The molecule has 1 unspecified atom stereocenters. The third kappa shape index (κ3) is 2.71. The molecule has 1 aliphatic rings. The first kappa shape index (κ1) is 10.9. The Balaban J connectivity index is 2.06. The first-order valence-electron chi connectivity index (χ1n) is 5.50. The van der Waals surface area contributed by atoms with E-state index >= 15 is 0 Å². The van der Waals surface area contributed by atoms with Crippen LogP contribution in [0.15, 0.2) is 24.3 Å². The molecule has 1 atom stereocenters. The van der Waals surface area contributed by atoms with E-state index in [1.807, 2.05) is 24.3 Å². The van der Waals surface area contributed by atoms with Crippen molar-refractivity contribution in [3.63, 3.8) is 0 Å². The highest BCUT2D eigenvalue weighted by atomic mass is 16.5. The number of ether oxygens (including phenoxy) is 1. The van der Waals surface area contributed by atoms with Crippen LogP contribution >= 0.6 is 0 Å². The predicted molar refractivity (Wildman–Crippen MR) is 62.3 cm³/mol. The van der Waals surface area contributed by atoms with Crippen molar-refractivity contribution in [2.45, 2.75) is 25.9 Å². The Hall–Kier alpha value is -1.59. The van der Waals surface area contributed by atoms with Gasteiger partial charge in [-0.2, -0.15) is 0 Å². The molecule has 1 fully saturated rings. The van der Waals surface area contributed by atoms with Gasteiger partial charge < -0.3 is 4.74 Å². The Morgan fingerprint density at radius 3 is 2.69 bits per heavy atom. The molecule has 0 spiro atoms. The SMILES string of the molecule is CC(=O)c1ccc(C#CC2CCCO2)cc1. The topological polar surface area (TPSA) is 26.3 Å². The van der Waals surface area contributed by atoms with Crippen LogP contribution in [0.5, 0.6) is 0 Å². The van der Waals surface area contributed by atoms with E-state index in [-0.39, 0.29) is 11.9 Å². The second kappa shape index (κ2) is 4.96. The summed E-state index contributed by atoms with van der Waals surface area (Å²) in [7, 11) is 0. The van der Waals surface area contributed by atoms with Crippen molar-refractivity contribution in [1.82, 2.24) is 0 Å². The van der Waals surface area contributed by atoms with Crippen LogP contribution in [-0.2, 0) is 4.74 Å². The van der Waals surface area contributed by atoms with E-state index in [0.717, 1.165) is 30.6 Å². The van der Waals surface area contributed by atoms with Gasteiger partial charge in [0.2, 0.25) is 0 Å². The highest BCUT2D eigenvalue weighted by Crippen LogP contribution is 2.11. The summed E-state index contributed by atoms with van der Waals surface area (Å²) in [6.45, 7) is 2.38. The molecular formula is C14H14O2. The van der Waals surface area contributed by atoms with Crippen molar-refractivity contribution in [3.8, 4) is 11.8 Å². The van der Waals surface area contributed by atoms with E-state index in [4.69, 9.17) is 4.74 Å². The molecular weight excluding hydrogens is 200 g/mol. The monoisotopic (exact) mass is 214 g/mol. The quantitative estimate of drug-likeness (QED) is 0.530. The van der Waals surface area contributed by atoms with Gasteiger partial charge in [-0.15, -0.1) is 0 Å². The van der Waals surface area contributed by atoms with E-state index in [1.165, 1.54) is 0 Å². The normalized spacial score (nSPS) is 18.9. The molecule has 1 aromatic carbocycles. The molecule has 82 valence electrons. The summed E-state index contributed by atoms with van der Waals surface area (Å²) in [5.74, 6) is 6.24. The fraction of sp³-hybridized carbons (Fsp3) is 0.357. The smallest absolute Gasteiger partial charge is 0.159 e. The zero-order chi connectivity index (χ0) is 11.4.